The molecule has 1 rings (SSSR count). The molecule has 76 valence electrons. The highest BCUT2D eigenvalue weighted by Crippen LogP contribution is 2.12. The van der Waals surface area contributed by atoms with E-state index in [-0.39, 0.29) is 5.97 Å². The van der Waals surface area contributed by atoms with Crippen molar-refractivity contribution in [2.75, 3.05) is 7.11 Å². The molecule has 0 aromatic heterocycles. The fourth-order valence-corrected chi connectivity index (χ4v) is 1.33. The van der Waals surface area contributed by atoms with E-state index >= 15 is 0 Å². The number of hydrogen-bond donors (Lipinski definition) is 1. The van der Waals surface area contributed by atoms with Gasteiger partial charge in [0.15, 0.2) is 0 Å². The highest BCUT2D eigenvalue weighted by Gasteiger charge is 2.11. The van der Waals surface area contributed by atoms with Crippen molar-refractivity contribution >= 4 is 5.97 Å². The molecule has 0 heterocycles. The number of esters is 1. The molecule has 0 spiro atoms. The molecule has 1 aromatic carbocycles. The highest BCUT2D eigenvalue weighted by molar-refractivity contribution is 5.90. The monoisotopic (exact) mass is 194 g/mol. The maximum Gasteiger partial charge on any atom is 0.338 e. The average molecular weight is 194 g/mol. The lowest BCUT2D eigenvalue weighted by Crippen LogP contribution is -2.11. The summed E-state index contributed by atoms with van der Waals surface area (Å²) in [6, 6.07) is 7.13. The Labute approximate surface area is 83.3 Å². The van der Waals surface area contributed by atoms with Crippen molar-refractivity contribution in [3.8, 4) is 0 Å². The number of hydrogen-bond acceptors (Lipinski definition) is 3. The molecule has 1 atom stereocenters. The number of aliphatic hydroxyl groups excluding tert-OH is 1. The van der Waals surface area contributed by atoms with E-state index in [0.717, 1.165) is 5.56 Å². The summed E-state index contributed by atoms with van der Waals surface area (Å²) in [6.45, 7) is 1.69. The van der Waals surface area contributed by atoms with E-state index in [1.807, 2.05) is 12.1 Å². The molecule has 0 aliphatic rings. The first-order valence-electron chi connectivity index (χ1n) is 4.49. The van der Waals surface area contributed by atoms with Crippen LogP contribution in [0, 0.1) is 0 Å². The number of rotatable bonds is 3. The summed E-state index contributed by atoms with van der Waals surface area (Å²) >= 11 is 0. The van der Waals surface area contributed by atoms with Gasteiger partial charge in [0.2, 0.25) is 0 Å². The van der Waals surface area contributed by atoms with Gasteiger partial charge in [0.25, 0.3) is 0 Å². The largest absolute Gasteiger partial charge is 0.465 e. The summed E-state index contributed by atoms with van der Waals surface area (Å²) in [5.74, 6) is -0.360. The first kappa shape index (κ1) is 10.7. The Kier molecular flexibility index (Phi) is 3.65. The summed E-state index contributed by atoms with van der Waals surface area (Å²) in [5, 5.41) is 9.23. The van der Waals surface area contributed by atoms with Gasteiger partial charge in [0.05, 0.1) is 18.8 Å². The lowest BCUT2D eigenvalue weighted by atomic mass is 10.0. The molecule has 0 unspecified atom stereocenters. The number of carbonyl (C=O) groups excluding carboxylic acids is 1. The summed E-state index contributed by atoms with van der Waals surface area (Å²) in [6.07, 6.45) is 0.00598. The van der Waals surface area contributed by atoms with E-state index in [1.54, 1.807) is 19.1 Å². The zero-order chi connectivity index (χ0) is 10.6. The van der Waals surface area contributed by atoms with Crippen molar-refractivity contribution < 1.29 is 14.6 Å². The minimum Gasteiger partial charge on any atom is -0.465 e. The van der Waals surface area contributed by atoms with Gasteiger partial charge in [0.1, 0.15) is 0 Å². The minimum absolute atomic E-state index is 0.360. The van der Waals surface area contributed by atoms with Gasteiger partial charge in [-0.1, -0.05) is 18.2 Å². The van der Waals surface area contributed by atoms with Gasteiger partial charge in [0, 0.05) is 0 Å². The van der Waals surface area contributed by atoms with Gasteiger partial charge >= 0.3 is 5.97 Å². The van der Waals surface area contributed by atoms with Gasteiger partial charge in [-0.15, -0.1) is 0 Å². The molecule has 0 saturated heterocycles. The van der Waals surface area contributed by atoms with Crippen LogP contribution in [0.1, 0.15) is 22.8 Å². The molecule has 0 radical (unpaired) electrons. The Morgan fingerprint density at radius 2 is 2.14 bits per heavy atom. The SMILES string of the molecule is COC(=O)c1ccccc1C[C@@H](C)O. The van der Waals surface area contributed by atoms with Crippen LogP contribution in [0.3, 0.4) is 0 Å². The van der Waals surface area contributed by atoms with Crippen LogP contribution in [0.5, 0.6) is 0 Å². The third-order valence-electron chi connectivity index (χ3n) is 1.94. The topological polar surface area (TPSA) is 46.5 Å². The van der Waals surface area contributed by atoms with Crippen LogP contribution < -0.4 is 0 Å². The lowest BCUT2D eigenvalue weighted by Gasteiger charge is -2.08. The second kappa shape index (κ2) is 4.77. The van der Waals surface area contributed by atoms with Crippen molar-refractivity contribution in [2.45, 2.75) is 19.4 Å². The van der Waals surface area contributed by atoms with Gasteiger partial charge in [-0.05, 0) is 25.0 Å². The van der Waals surface area contributed by atoms with Crippen LogP contribution >= 0.6 is 0 Å². The van der Waals surface area contributed by atoms with Crippen molar-refractivity contribution in [1.82, 2.24) is 0 Å². The molecule has 3 heteroatoms. The molecule has 0 aliphatic carbocycles. The lowest BCUT2D eigenvalue weighted by molar-refractivity contribution is 0.0599. The minimum atomic E-state index is -0.458. The summed E-state index contributed by atoms with van der Waals surface area (Å²) < 4.78 is 4.64. The number of carbonyl (C=O) groups is 1. The Hall–Kier alpha value is -1.35. The fourth-order valence-electron chi connectivity index (χ4n) is 1.33. The number of aliphatic hydroxyl groups is 1. The van der Waals surface area contributed by atoms with E-state index < -0.39 is 6.10 Å². The molecule has 0 aliphatic heterocycles. The van der Waals surface area contributed by atoms with Crippen molar-refractivity contribution in [1.29, 1.82) is 0 Å². The maximum atomic E-state index is 11.3. The first-order valence-corrected chi connectivity index (χ1v) is 4.49. The van der Waals surface area contributed by atoms with Gasteiger partial charge in [-0.2, -0.15) is 0 Å². The fraction of sp³-hybridized carbons (Fsp3) is 0.364. The Balaban J connectivity index is 2.97. The van der Waals surface area contributed by atoms with Crippen LogP contribution in [-0.4, -0.2) is 24.3 Å². The number of methoxy groups -OCH3 is 1. The zero-order valence-corrected chi connectivity index (χ0v) is 8.36. The quantitative estimate of drug-likeness (QED) is 0.740. The molecule has 0 amide bonds. The molecule has 1 N–H and O–H groups in total. The number of ether oxygens (including phenoxy) is 1. The molecule has 0 bridgehead atoms. The second-order valence-electron chi connectivity index (χ2n) is 3.20. The van der Waals surface area contributed by atoms with Crippen LogP contribution in [0.2, 0.25) is 0 Å². The van der Waals surface area contributed by atoms with Gasteiger partial charge in [-0.3, -0.25) is 0 Å². The second-order valence-corrected chi connectivity index (χ2v) is 3.20. The Bertz CT molecular complexity index is 318. The van der Waals surface area contributed by atoms with E-state index in [1.165, 1.54) is 7.11 Å². The van der Waals surface area contributed by atoms with Crippen molar-refractivity contribution in [3.05, 3.63) is 35.4 Å². The van der Waals surface area contributed by atoms with Crippen LogP contribution in [0.4, 0.5) is 0 Å². The predicted molar refractivity (Wildman–Crippen MR) is 53.2 cm³/mol. The molecule has 0 saturated carbocycles. The van der Waals surface area contributed by atoms with Crippen LogP contribution in [-0.2, 0) is 11.2 Å². The maximum absolute atomic E-state index is 11.3. The Morgan fingerprint density at radius 3 is 2.71 bits per heavy atom. The molecular weight excluding hydrogens is 180 g/mol. The summed E-state index contributed by atoms with van der Waals surface area (Å²) in [7, 11) is 1.35. The molecule has 3 nitrogen and oxygen atoms in total. The molecule has 14 heavy (non-hydrogen) atoms. The van der Waals surface area contributed by atoms with Gasteiger partial charge < -0.3 is 9.84 Å². The van der Waals surface area contributed by atoms with E-state index in [9.17, 15) is 9.90 Å². The first-order chi connectivity index (χ1) is 6.65. The smallest absolute Gasteiger partial charge is 0.338 e. The normalized spacial score (nSPS) is 12.2. The zero-order valence-electron chi connectivity index (χ0n) is 8.36. The van der Waals surface area contributed by atoms with Crippen LogP contribution in [0.15, 0.2) is 24.3 Å². The molecule has 0 fully saturated rings. The van der Waals surface area contributed by atoms with Crippen molar-refractivity contribution in [3.63, 3.8) is 0 Å². The summed E-state index contributed by atoms with van der Waals surface area (Å²) in [5.41, 5.74) is 1.34. The van der Waals surface area contributed by atoms with Crippen molar-refractivity contribution in [2.24, 2.45) is 0 Å². The summed E-state index contributed by atoms with van der Waals surface area (Å²) in [4.78, 5) is 11.3. The highest BCUT2D eigenvalue weighted by atomic mass is 16.5. The molecular formula is C11H14O3. The van der Waals surface area contributed by atoms with Gasteiger partial charge in [-0.25, -0.2) is 4.79 Å². The predicted octanol–water partition coefficient (Wildman–Crippen LogP) is 1.40. The standard InChI is InChI=1S/C11H14O3/c1-8(12)7-9-5-3-4-6-10(9)11(13)14-2/h3-6,8,12H,7H2,1-2H3/t8-/m1/s1. The molecule has 1 aromatic rings. The third kappa shape index (κ3) is 2.57. The Morgan fingerprint density at radius 1 is 1.50 bits per heavy atom. The van der Waals surface area contributed by atoms with E-state index in [0.29, 0.717) is 12.0 Å². The van der Waals surface area contributed by atoms with Crippen LogP contribution in [0.25, 0.3) is 0 Å². The number of benzene rings is 1. The van der Waals surface area contributed by atoms with E-state index in [4.69, 9.17) is 0 Å². The van der Waals surface area contributed by atoms with E-state index in [2.05, 4.69) is 4.74 Å². The average Bonchev–Trinajstić information content (AvgIpc) is 2.16. The third-order valence-corrected chi connectivity index (χ3v) is 1.94.